The van der Waals surface area contributed by atoms with Gasteiger partial charge < -0.3 is 15.2 Å². The molecule has 1 heterocycles. The van der Waals surface area contributed by atoms with Gasteiger partial charge in [-0.1, -0.05) is 30.2 Å². The van der Waals surface area contributed by atoms with Crippen LogP contribution in [0.3, 0.4) is 0 Å². The van der Waals surface area contributed by atoms with Gasteiger partial charge in [-0.25, -0.2) is 0 Å². The fourth-order valence-corrected chi connectivity index (χ4v) is 4.71. The summed E-state index contributed by atoms with van der Waals surface area (Å²) in [6.45, 7) is 2.85. The summed E-state index contributed by atoms with van der Waals surface area (Å²) in [6.07, 6.45) is -0.805. The van der Waals surface area contributed by atoms with Crippen LogP contribution >= 0.6 is 11.6 Å². The van der Waals surface area contributed by atoms with Crippen LogP contribution in [-0.2, 0) is 6.18 Å². The third-order valence-corrected chi connectivity index (χ3v) is 6.61. The van der Waals surface area contributed by atoms with E-state index in [1.807, 2.05) is 18.2 Å². The minimum absolute atomic E-state index is 0.182. The Hall–Kier alpha value is -1.96. The topological polar surface area (TPSA) is 47.7 Å². The first-order chi connectivity index (χ1) is 15.2. The monoisotopic (exact) mass is 470 g/mol. The Morgan fingerprint density at radius 3 is 2.47 bits per heavy atom. The molecule has 0 amide bonds. The smallest absolute Gasteiger partial charge is 0.417 e. The lowest BCUT2D eigenvalue weighted by Crippen LogP contribution is -2.41. The molecule has 3 unspecified atom stereocenters. The second kappa shape index (κ2) is 10.3. The summed E-state index contributed by atoms with van der Waals surface area (Å²) < 4.78 is 50.5. The lowest BCUT2D eigenvalue weighted by atomic mass is 9.90. The van der Waals surface area contributed by atoms with Gasteiger partial charge in [-0.2, -0.15) is 13.2 Å². The Bertz CT molecular complexity index is 923. The Morgan fingerprint density at radius 2 is 1.81 bits per heavy atom. The molecule has 0 radical (unpaired) electrons. The van der Waals surface area contributed by atoms with Crippen molar-refractivity contribution < 1.29 is 22.6 Å². The third-order valence-electron chi connectivity index (χ3n) is 6.28. The number of halogens is 4. The van der Waals surface area contributed by atoms with Gasteiger partial charge in [0.05, 0.1) is 24.8 Å². The summed E-state index contributed by atoms with van der Waals surface area (Å²) in [5.74, 6) is 1.36. The van der Waals surface area contributed by atoms with Crippen molar-refractivity contribution in [1.82, 2.24) is 4.90 Å². The number of hydrogen-bond acceptors (Lipinski definition) is 4. The number of hydrogen-bond donors (Lipinski definition) is 1. The molecular weight excluding hydrogens is 441 g/mol. The molecule has 8 heteroatoms. The van der Waals surface area contributed by atoms with Crippen LogP contribution in [0, 0.1) is 0 Å². The Morgan fingerprint density at radius 1 is 1.09 bits per heavy atom. The first-order valence-electron chi connectivity index (χ1n) is 10.8. The van der Waals surface area contributed by atoms with Gasteiger partial charge >= 0.3 is 6.18 Å². The van der Waals surface area contributed by atoms with Gasteiger partial charge in [0.25, 0.3) is 0 Å². The number of ether oxygens (including phenoxy) is 2. The molecule has 1 saturated heterocycles. The molecule has 3 rings (SSSR count). The highest BCUT2D eigenvalue weighted by Crippen LogP contribution is 2.39. The first kappa shape index (κ1) is 24.7. The Balaban J connectivity index is 1.77. The van der Waals surface area contributed by atoms with Gasteiger partial charge in [0.15, 0.2) is 11.5 Å². The molecule has 0 bridgehead atoms. The van der Waals surface area contributed by atoms with Crippen molar-refractivity contribution in [3.63, 3.8) is 0 Å². The zero-order valence-electron chi connectivity index (χ0n) is 18.6. The lowest BCUT2D eigenvalue weighted by Gasteiger charge is -2.41. The van der Waals surface area contributed by atoms with Gasteiger partial charge in [0.2, 0.25) is 0 Å². The largest absolute Gasteiger partial charge is 0.493 e. The van der Waals surface area contributed by atoms with E-state index in [2.05, 4.69) is 11.8 Å². The number of likely N-dealkylation sites (tertiary alicyclic amines) is 1. The molecular formula is C24H30ClF3N2O2. The van der Waals surface area contributed by atoms with E-state index < -0.39 is 17.8 Å². The number of nitrogens with zero attached hydrogens (tertiary/aromatic N) is 1. The summed E-state index contributed by atoms with van der Waals surface area (Å²) in [7, 11) is 3.22. The fourth-order valence-electron chi connectivity index (χ4n) is 4.49. The van der Waals surface area contributed by atoms with Crippen molar-refractivity contribution in [1.29, 1.82) is 0 Å². The molecule has 0 aliphatic carbocycles. The molecule has 3 atom stereocenters. The molecule has 0 saturated carbocycles. The maximum absolute atomic E-state index is 13.2. The van der Waals surface area contributed by atoms with Crippen LogP contribution in [0.25, 0.3) is 0 Å². The van der Waals surface area contributed by atoms with Crippen molar-refractivity contribution in [2.24, 2.45) is 5.73 Å². The predicted molar refractivity (Wildman–Crippen MR) is 120 cm³/mol. The SMILES string of the molecule is COc1ccc(C2CCCC(C)N2CCC(N)c2ccc(Cl)c(C(F)(F)F)c2)cc1OC. The van der Waals surface area contributed by atoms with E-state index in [9.17, 15) is 13.2 Å². The summed E-state index contributed by atoms with van der Waals surface area (Å²) >= 11 is 5.75. The highest BCUT2D eigenvalue weighted by atomic mass is 35.5. The zero-order valence-corrected chi connectivity index (χ0v) is 19.3. The summed E-state index contributed by atoms with van der Waals surface area (Å²) in [5, 5.41) is -0.313. The molecule has 1 fully saturated rings. The summed E-state index contributed by atoms with van der Waals surface area (Å²) in [6, 6.07) is 9.88. The number of rotatable bonds is 7. The molecule has 2 aromatic rings. The Labute approximate surface area is 192 Å². The molecule has 1 aliphatic rings. The van der Waals surface area contributed by atoms with Crippen molar-refractivity contribution in [3.05, 3.63) is 58.1 Å². The molecule has 1 aliphatic heterocycles. The third kappa shape index (κ3) is 5.50. The van der Waals surface area contributed by atoms with Crippen LogP contribution in [0.4, 0.5) is 13.2 Å². The van der Waals surface area contributed by atoms with Crippen LogP contribution in [0.1, 0.15) is 61.4 Å². The quantitative estimate of drug-likeness (QED) is 0.510. The van der Waals surface area contributed by atoms with Crippen LogP contribution in [-0.4, -0.2) is 31.7 Å². The summed E-state index contributed by atoms with van der Waals surface area (Å²) in [5.41, 5.74) is 7.04. The number of nitrogens with two attached hydrogens (primary N) is 1. The average molecular weight is 471 g/mol. The van der Waals surface area contributed by atoms with E-state index in [1.165, 1.54) is 6.07 Å². The maximum Gasteiger partial charge on any atom is 0.417 e. The molecule has 4 nitrogen and oxygen atoms in total. The number of alkyl halides is 3. The normalized spacial score (nSPS) is 20.8. The fraction of sp³-hybridized carbons (Fsp3) is 0.500. The van der Waals surface area contributed by atoms with Crippen molar-refractivity contribution in [2.45, 2.75) is 56.9 Å². The van der Waals surface area contributed by atoms with Crippen molar-refractivity contribution in [2.75, 3.05) is 20.8 Å². The Kier molecular flexibility index (Phi) is 7.96. The lowest BCUT2D eigenvalue weighted by molar-refractivity contribution is -0.137. The van der Waals surface area contributed by atoms with Crippen molar-refractivity contribution in [3.8, 4) is 11.5 Å². The standard InChI is InChI=1S/C24H30ClF3N2O2/c1-15-5-4-6-21(17-8-10-22(31-2)23(14-17)32-3)30(15)12-11-20(29)16-7-9-19(25)18(13-16)24(26,27)28/h7-10,13-15,20-21H,4-6,11-12,29H2,1-3H3. The molecule has 0 spiro atoms. The first-order valence-corrected chi connectivity index (χ1v) is 11.1. The van der Waals surface area contributed by atoms with E-state index in [0.29, 0.717) is 36.1 Å². The number of benzene rings is 2. The van der Waals surface area contributed by atoms with Gasteiger partial charge in [-0.15, -0.1) is 0 Å². The van der Waals surface area contributed by atoms with Crippen LogP contribution in [0.5, 0.6) is 11.5 Å². The van der Waals surface area contributed by atoms with Gasteiger partial charge in [0.1, 0.15) is 0 Å². The van der Waals surface area contributed by atoms with E-state index >= 15 is 0 Å². The number of piperidine rings is 1. The summed E-state index contributed by atoms with van der Waals surface area (Å²) in [4.78, 5) is 2.39. The maximum atomic E-state index is 13.2. The van der Waals surface area contributed by atoms with Crippen LogP contribution < -0.4 is 15.2 Å². The van der Waals surface area contributed by atoms with Gasteiger partial charge in [0, 0.05) is 24.7 Å². The second-order valence-electron chi connectivity index (χ2n) is 8.28. The number of methoxy groups -OCH3 is 2. The van der Waals surface area contributed by atoms with E-state index in [0.717, 1.165) is 30.9 Å². The molecule has 2 aromatic carbocycles. The molecule has 0 aromatic heterocycles. The van der Waals surface area contributed by atoms with Gasteiger partial charge in [-0.3, -0.25) is 4.90 Å². The highest BCUT2D eigenvalue weighted by molar-refractivity contribution is 6.31. The highest BCUT2D eigenvalue weighted by Gasteiger charge is 2.34. The minimum atomic E-state index is -4.51. The predicted octanol–water partition coefficient (Wildman–Crippen LogP) is 6.38. The van der Waals surface area contributed by atoms with Crippen molar-refractivity contribution >= 4 is 11.6 Å². The van der Waals surface area contributed by atoms with Crippen LogP contribution in [0.2, 0.25) is 5.02 Å². The average Bonchev–Trinajstić information content (AvgIpc) is 2.76. The molecule has 176 valence electrons. The van der Waals surface area contributed by atoms with Gasteiger partial charge in [-0.05, 0) is 61.6 Å². The van der Waals surface area contributed by atoms with E-state index in [1.54, 1.807) is 20.3 Å². The molecule has 2 N–H and O–H groups in total. The second-order valence-corrected chi connectivity index (χ2v) is 8.69. The molecule has 32 heavy (non-hydrogen) atoms. The van der Waals surface area contributed by atoms with E-state index in [4.69, 9.17) is 26.8 Å². The van der Waals surface area contributed by atoms with Crippen LogP contribution in [0.15, 0.2) is 36.4 Å². The van der Waals surface area contributed by atoms with E-state index in [-0.39, 0.29) is 11.1 Å². The minimum Gasteiger partial charge on any atom is -0.493 e. The zero-order chi connectivity index (χ0) is 23.5.